The second kappa shape index (κ2) is 4.96. The van der Waals surface area contributed by atoms with Crippen LogP contribution in [0.3, 0.4) is 0 Å². The molecule has 0 rings (SSSR count). The summed E-state index contributed by atoms with van der Waals surface area (Å²) < 4.78 is 8.66. The summed E-state index contributed by atoms with van der Waals surface area (Å²) in [5, 5.41) is -1.35. The fourth-order valence-corrected chi connectivity index (χ4v) is 0.567. The Labute approximate surface area is 69.4 Å². The highest BCUT2D eigenvalue weighted by atomic mass is 35.5. The zero-order chi connectivity index (χ0) is 8.85. The molecule has 0 radical (unpaired) electrons. The third-order valence-electron chi connectivity index (χ3n) is 0.902. The molecule has 5 heteroatoms. The van der Waals surface area contributed by atoms with Gasteiger partial charge in [-0.3, -0.25) is 0 Å². The van der Waals surface area contributed by atoms with E-state index in [1.54, 1.807) is 6.92 Å². The molecule has 0 heterocycles. The van der Waals surface area contributed by atoms with E-state index >= 15 is 0 Å². The van der Waals surface area contributed by atoms with E-state index in [-0.39, 0.29) is 6.61 Å². The number of hydrogen-bond acceptors (Lipinski definition) is 4. The molecule has 0 aromatic carbocycles. The van der Waals surface area contributed by atoms with Crippen LogP contribution >= 0.6 is 11.6 Å². The molecule has 64 valence electrons. The minimum absolute atomic E-state index is 0.193. The van der Waals surface area contributed by atoms with E-state index in [2.05, 4.69) is 9.47 Å². The molecule has 1 atom stereocenters. The van der Waals surface area contributed by atoms with Crippen LogP contribution in [0.4, 0.5) is 0 Å². The van der Waals surface area contributed by atoms with Gasteiger partial charge in [-0.15, -0.1) is 0 Å². The molecule has 0 spiro atoms. The van der Waals surface area contributed by atoms with Crippen LogP contribution in [0.15, 0.2) is 0 Å². The minimum atomic E-state index is -1.35. The van der Waals surface area contributed by atoms with Crippen molar-refractivity contribution in [2.24, 2.45) is 0 Å². The van der Waals surface area contributed by atoms with Gasteiger partial charge in [0.15, 0.2) is 0 Å². The Morgan fingerprint density at radius 3 is 2.36 bits per heavy atom. The quantitative estimate of drug-likeness (QED) is 0.357. The molecule has 0 aromatic rings. The van der Waals surface area contributed by atoms with Gasteiger partial charge >= 0.3 is 11.9 Å². The second-order valence-electron chi connectivity index (χ2n) is 1.64. The third kappa shape index (κ3) is 3.23. The number of carbonyl (C=O) groups is 2. The summed E-state index contributed by atoms with van der Waals surface area (Å²) in [4.78, 5) is 21.3. The van der Waals surface area contributed by atoms with Gasteiger partial charge in [0.05, 0.1) is 13.7 Å². The average molecular weight is 181 g/mol. The lowest BCUT2D eigenvalue weighted by molar-refractivity contribution is -0.151. The van der Waals surface area contributed by atoms with Gasteiger partial charge in [-0.2, -0.15) is 0 Å². The molecule has 0 aromatic heterocycles. The normalized spacial score (nSPS) is 11.9. The van der Waals surface area contributed by atoms with E-state index in [9.17, 15) is 9.59 Å². The summed E-state index contributed by atoms with van der Waals surface area (Å²) in [6.45, 7) is 1.82. The Hall–Kier alpha value is -0.770. The summed E-state index contributed by atoms with van der Waals surface area (Å²) in [6, 6.07) is 0. The predicted octanol–water partition coefficient (Wildman–Crippen LogP) is 0.330. The van der Waals surface area contributed by atoms with Crippen LogP contribution in [-0.2, 0) is 19.1 Å². The van der Waals surface area contributed by atoms with Gasteiger partial charge in [0.25, 0.3) is 0 Å². The molecule has 0 aliphatic carbocycles. The van der Waals surface area contributed by atoms with E-state index in [1.165, 1.54) is 0 Å². The van der Waals surface area contributed by atoms with E-state index in [0.717, 1.165) is 7.11 Å². The maximum Gasteiger partial charge on any atom is 0.335 e. The molecule has 1 unspecified atom stereocenters. The van der Waals surface area contributed by atoms with E-state index in [4.69, 9.17) is 11.6 Å². The topological polar surface area (TPSA) is 52.6 Å². The summed E-state index contributed by atoms with van der Waals surface area (Å²) in [5.41, 5.74) is 0. The molecular weight excluding hydrogens is 172 g/mol. The van der Waals surface area contributed by atoms with Gasteiger partial charge in [0.1, 0.15) is 0 Å². The van der Waals surface area contributed by atoms with E-state index in [1.807, 2.05) is 0 Å². The van der Waals surface area contributed by atoms with Crippen molar-refractivity contribution in [2.75, 3.05) is 13.7 Å². The van der Waals surface area contributed by atoms with Crippen molar-refractivity contribution in [3.63, 3.8) is 0 Å². The molecule has 11 heavy (non-hydrogen) atoms. The molecule has 4 nitrogen and oxygen atoms in total. The number of hydrogen-bond donors (Lipinski definition) is 0. The first kappa shape index (κ1) is 10.2. The highest BCUT2D eigenvalue weighted by Crippen LogP contribution is 2.00. The number of methoxy groups -OCH3 is 1. The SMILES string of the molecule is CCOC(=O)C(Cl)C(=O)OC. The van der Waals surface area contributed by atoms with Gasteiger partial charge in [0, 0.05) is 0 Å². The Morgan fingerprint density at radius 1 is 1.45 bits per heavy atom. The first-order valence-corrected chi connectivity index (χ1v) is 3.45. The lowest BCUT2D eigenvalue weighted by Gasteiger charge is -2.05. The Balaban J connectivity index is 3.91. The fraction of sp³-hybridized carbons (Fsp3) is 0.667. The number of esters is 2. The molecule has 0 amide bonds. The summed E-state index contributed by atoms with van der Waals surface area (Å²) >= 11 is 5.31. The van der Waals surface area contributed by atoms with Gasteiger partial charge in [-0.05, 0) is 6.92 Å². The fourth-order valence-electron chi connectivity index (χ4n) is 0.415. The molecular formula is C6H9ClO4. The first-order chi connectivity index (χ1) is 5.13. The lowest BCUT2D eigenvalue weighted by atomic mass is 10.4. The Kier molecular flexibility index (Phi) is 4.61. The van der Waals surface area contributed by atoms with Crippen molar-refractivity contribution in [3.05, 3.63) is 0 Å². The van der Waals surface area contributed by atoms with E-state index < -0.39 is 17.3 Å². The minimum Gasteiger partial charge on any atom is -0.467 e. The molecule has 0 aliphatic rings. The summed E-state index contributed by atoms with van der Waals surface area (Å²) in [7, 11) is 1.15. The number of carbonyl (C=O) groups excluding carboxylic acids is 2. The maximum atomic E-state index is 10.7. The first-order valence-electron chi connectivity index (χ1n) is 3.02. The van der Waals surface area contributed by atoms with Crippen LogP contribution in [0.1, 0.15) is 6.92 Å². The van der Waals surface area contributed by atoms with Crippen LogP contribution in [0.2, 0.25) is 0 Å². The van der Waals surface area contributed by atoms with Gasteiger partial charge in [0.2, 0.25) is 5.38 Å². The highest BCUT2D eigenvalue weighted by Gasteiger charge is 2.25. The zero-order valence-corrected chi connectivity index (χ0v) is 7.05. The van der Waals surface area contributed by atoms with Gasteiger partial charge < -0.3 is 9.47 Å². The Morgan fingerprint density at radius 2 is 2.00 bits per heavy atom. The predicted molar refractivity (Wildman–Crippen MR) is 38.3 cm³/mol. The molecule has 0 aliphatic heterocycles. The number of ether oxygens (including phenoxy) is 2. The molecule has 0 N–H and O–H groups in total. The summed E-state index contributed by atoms with van der Waals surface area (Å²) in [5.74, 6) is -1.58. The standard InChI is InChI=1S/C6H9ClO4/c1-3-11-6(9)4(7)5(8)10-2/h4H,3H2,1-2H3. The summed E-state index contributed by atoms with van der Waals surface area (Å²) in [6.07, 6.45) is 0. The van der Waals surface area contributed by atoms with Crippen LogP contribution in [-0.4, -0.2) is 31.0 Å². The van der Waals surface area contributed by atoms with Crippen molar-refractivity contribution in [1.82, 2.24) is 0 Å². The smallest absolute Gasteiger partial charge is 0.335 e. The van der Waals surface area contributed by atoms with Crippen LogP contribution in [0, 0.1) is 0 Å². The third-order valence-corrected chi connectivity index (χ3v) is 1.26. The number of halogens is 1. The van der Waals surface area contributed by atoms with Crippen LogP contribution in [0.25, 0.3) is 0 Å². The van der Waals surface area contributed by atoms with Crippen molar-refractivity contribution < 1.29 is 19.1 Å². The average Bonchev–Trinajstić information content (AvgIpc) is 2.02. The maximum absolute atomic E-state index is 10.7. The van der Waals surface area contributed by atoms with Crippen molar-refractivity contribution in [1.29, 1.82) is 0 Å². The number of alkyl halides is 1. The van der Waals surface area contributed by atoms with Gasteiger partial charge in [-0.25, -0.2) is 9.59 Å². The van der Waals surface area contributed by atoms with E-state index in [0.29, 0.717) is 0 Å². The zero-order valence-electron chi connectivity index (χ0n) is 6.30. The largest absolute Gasteiger partial charge is 0.467 e. The highest BCUT2D eigenvalue weighted by molar-refractivity contribution is 6.39. The van der Waals surface area contributed by atoms with Crippen LogP contribution in [0.5, 0.6) is 0 Å². The Bertz CT molecular complexity index is 157. The van der Waals surface area contributed by atoms with Gasteiger partial charge in [-0.1, -0.05) is 11.6 Å². The van der Waals surface area contributed by atoms with Crippen molar-refractivity contribution in [2.45, 2.75) is 12.3 Å². The monoisotopic (exact) mass is 180 g/mol. The molecule has 0 saturated heterocycles. The number of rotatable bonds is 3. The van der Waals surface area contributed by atoms with Crippen LogP contribution < -0.4 is 0 Å². The lowest BCUT2D eigenvalue weighted by Crippen LogP contribution is -2.27. The molecule has 0 bridgehead atoms. The van der Waals surface area contributed by atoms with Crippen molar-refractivity contribution >= 4 is 23.5 Å². The van der Waals surface area contributed by atoms with Crippen molar-refractivity contribution in [3.8, 4) is 0 Å². The molecule has 0 fully saturated rings. The molecule has 0 saturated carbocycles. The second-order valence-corrected chi connectivity index (χ2v) is 2.07.